The summed E-state index contributed by atoms with van der Waals surface area (Å²) in [5.74, 6) is -0.0705. The highest BCUT2D eigenvalue weighted by Gasteiger charge is 2.24. The maximum absolute atomic E-state index is 12.7. The van der Waals surface area contributed by atoms with Crippen molar-refractivity contribution in [1.82, 2.24) is 34.8 Å². The van der Waals surface area contributed by atoms with Gasteiger partial charge < -0.3 is 9.88 Å². The molecule has 0 unspecified atom stereocenters. The molecule has 1 amide bonds. The SMILES string of the molecule is O=C(NC1CCC(n2cnnc2)CC1)c1ccccc1-n1cncn1. The maximum atomic E-state index is 12.7. The summed E-state index contributed by atoms with van der Waals surface area (Å²) >= 11 is 0. The number of para-hydroxylation sites is 1. The van der Waals surface area contributed by atoms with E-state index in [1.165, 1.54) is 6.33 Å². The van der Waals surface area contributed by atoms with Gasteiger partial charge in [-0.05, 0) is 37.8 Å². The Kier molecular flexibility index (Phi) is 4.24. The van der Waals surface area contributed by atoms with Gasteiger partial charge in [0.2, 0.25) is 0 Å². The fourth-order valence-corrected chi connectivity index (χ4v) is 3.38. The van der Waals surface area contributed by atoms with E-state index in [9.17, 15) is 4.79 Å². The minimum atomic E-state index is -0.0705. The predicted molar refractivity (Wildman–Crippen MR) is 90.1 cm³/mol. The number of amides is 1. The molecule has 8 heteroatoms. The van der Waals surface area contributed by atoms with E-state index in [4.69, 9.17) is 0 Å². The lowest BCUT2D eigenvalue weighted by Gasteiger charge is -2.29. The predicted octanol–water partition coefficient (Wildman–Crippen LogP) is 1.77. The number of carbonyl (C=O) groups excluding carboxylic acids is 1. The lowest BCUT2D eigenvalue weighted by molar-refractivity contribution is 0.0922. The van der Waals surface area contributed by atoms with Crippen molar-refractivity contribution in [3.63, 3.8) is 0 Å². The lowest BCUT2D eigenvalue weighted by atomic mass is 9.91. The Bertz CT molecular complexity index is 821. The summed E-state index contributed by atoms with van der Waals surface area (Å²) in [5, 5.41) is 15.0. The zero-order chi connectivity index (χ0) is 17.1. The van der Waals surface area contributed by atoms with E-state index in [2.05, 4.69) is 30.2 Å². The van der Waals surface area contributed by atoms with Gasteiger partial charge in [0.1, 0.15) is 25.3 Å². The van der Waals surface area contributed by atoms with Gasteiger partial charge in [-0.1, -0.05) is 12.1 Å². The molecule has 0 spiro atoms. The Hall–Kier alpha value is -3.03. The van der Waals surface area contributed by atoms with Crippen LogP contribution >= 0.6 is 0 Å². The van der Waals surface area contributed by atoms with Gasteiger partial charge in [-0.2, -0.15) is 5.10 Å². The van der Waals surface area contributed by atoms with Crippen LogP contribution in [-0.4, -0.2) is 41.5 Å². The number of aromatic nitrogens is 6. The third kappa shape index (κ3) is 3.28. The van der Waals surface area contributed by atoms with E-state index in [-0.39, 0.29) is 11.9 Å². The standard InChI is InChI=1S/C17H19N7O/c25-17(15-3-1-2-4-16(15)24-10-18-9-21-24)22-13-5-7-14(8-6-13)23-11-19-20-12-23/h1-4,9-14H,5-8H2,(H,22,25). The molecule has 2 heterocycles. The Morgan fingerprint density at radius 1 is 1.04 bits per heavy atom. The molecule has 4 rings (SSSR count). The molecule has 2 aromatic heterocycles. The van der Waals surface area contributed by atoms with Gasteiger partial charge in [-0.25, -0.2) is 9.67 Å². The average Bonchev–Trinajstić information content (AvgIpc) is 3.36. The van der Waals surface area contributed by atoms with E-state index in [0.717, 1.165) is 31.4 Å². The van der Waals surface area contributed by atoms with Crippen molar-refractivity contribution in [2.75, 3.05) is 0 Å². The third-order valence-electron chi connectivity index (χ3n) is 4.70. The molecule has 0 aliphatic heterocycles. The van der Waals surface area contributed by atoms with Crippen molar-refractivity contribution in [1.29, 1.82) is 0 Å². The summed E-state index contributed by atoms with van der Waals surface area (Å²) in [6.07, 6.45) is 10.5. The molecule has 1 N–H and O–H groups in total. The number of nitrogens with one attached hydrogen (secondary N) is 1. The largest absolute Gasteiger partial charge is 0.349 e. The van der Waals surface area contributed by atoms with E-state index in [1.54, 1.807) is 23.7 Å². The van der Waals surface area contributed by atoms with Crippen LogP contribution in [0.5, 0.6) is 0 Å². The molecule has 3 aromatic rings. The summed E-state index contributed by atoms with van der Waals surface area (Å²) < 4.78 is 3.66. The van der Waals surface area contributed by atoms with E-state index < -0.39 is 0 Å². The van der Waals surface area contributed by atoms with Crippen LogP contribution in [0.25, 0.3) is 5.69 Å². The minimum absolute atomic E-state index is 0.0705. The number of rotatable bonds is 4. The first-order valence-corrected chi connectivity index (χ1v) is 8.40. The molecule has 1 saturated carbocycles. The summed E-state index contributed by atoms with van der Waals surface area (Å²) in [4.78, 5) is 16.7. The molecule has 1 fully saturated rings. The van der Waals surface area contributed by atoms with Gasteiger partial charge >= 0.3 is 0 Å². The smallest absolute Gasteiger partial charge is 0.253 e. The highest BCUT2D eigenvalue weighted by atomic mass is 16.1. The summed E-state index contributed by atoms with van der Waals surface area (Å²) in [6, 6.07) is 8.03. The van der Waals surface area contributed by atoms with Crippen LogP contribution in [-0.2, 0) is 0 Å². The minimum Gasteiger partial charge on any atom is -0.349 e. The average molecular weight is 337 g/mol. The van der Waals surface area contributed by atoms with Gasteiger partial charge in [-0.3, -0.25) is 4.79 Å². The zero-order valence-corrected chi connectivity index (χ0v) is 13.7. The van der Waals surface area contributed by atoms with Crippen molar-refractivity contribution in [2.24, 2.45) is 0 Å². The monoisotopic (exact) mass is 337 g/mol. The van der Waals surface area contributed by atoms with Crippen LogP contribution in [0.3, 0.4) is 0 Å². The third-order valence-corrected chi connectivity index (χ3v) is 4.70. The van der Waals surface area contributed by atoms with Crippen LogP contribution in [0, 0.1) is 0 Å². The molecule has 1 aromatic carbocycles. The molecule has 0 atom stereocenters. The Balaban J connectivity index is 1.42. The zero-order valence-electron chi connectivity index (χ0n) is 13.7. The van der Waals surface area contributed by atoms with Crippen LogP contribution in [0.1, 0.15) is 42.1 Å². The molecule has 0 bridgehead atoms. The quantitative estimate of drug-likeness (QED) is 0.783. The Labute approximate surface area is 144 Å². The number of nitrogens with zero attached hydrogens (tertiary/aromatic N) is 6. The van der Waals surface area contributed by atoms with Gasteiger partial charge in [0, 0.05) is 12.1 Å². The first kappa shape index (κ1) is 15.5. The maximum Gasteiger partial charge on any atom is 0.253 e. The fourth-order valence-electron chi connectivity index (χ4n) is 3.38. The van der Waals surface area contributed by atoms with Crippen molar-refractivity contribution in [2.45, 2.75) is 37.8 Å². The van der Waals surface area contributed by atoms with Crippen molar-refractivity contribution in [3.05, 3.63) is 55.1 Å². The first-order valence-electron chi connectivity index (χ1n) is 8.40. The van der Waals surface area contributed by atoms with Gasteiger partial charge in [-0.15, -0.1) is 10.2 Å². The fraction of sp³-hybridized carbons (Fsp3) is 0.353. The lowest BCUT2D eigenvalue weighted by Crippen LogP contribution is -2.38. The number of benzene rings is 1. The van der Waals surface area contributed by atoms with Crippen LogP contribution in [0.4, 0.5) is 0 Å². The molecule has 0 radical (unpaired) electrons. The topological polar surface area (TPSA) is 90.5 Å². The van der Waals surface area contributed by atoms with Gasteiger partial charge in [0.15, 0.2) is 0 Å². The normalized spacial score (nSPS) is 20.3. The molecular formula is C17H19N7O. The van der Waals surface area contributed by atoms with Gasteiger partial charge in [0.25, 0.3) is 5.91 Å². The second kappa shape index (κ2) is 6.84. The molecule has 25 heavy (non-hydrogen) atoms. The molecule has 1 aliphatic rings. The summed E-state index contributed by atoms with van der Waals surface area (Å²) in [7, 11) is 0. The van der Waals surface area contributed by atoms with Crippen molar-refractivity contribution >= 4 is 5.91 Å². The molecular weight excluding hydrogens is 318 g/mol. The van der Waals surface area contributed by atoms with E-state index >= 15 is 0 Å². The van der Waals surface area contributed by atoms with Crippen molar-refractivity contribution in [3.8, 4) is 5.69 Å². The highest BCUT2D eigenvalue weighted by Crippen LogP contribution is 2.28. The van der Waals surface area contributed by atoms with E-state index in [0.29, 0.717) is 11.6 Å². The molecule has 0 saturated heterocycles. The first-order chi connectivity index (χ1) is 12.3. The number of hydrogen-bond acceptors (Lipinski definition) is 5. The highest BCUT2D eigenvalue weighted by molar-refractivity contribution is 5.97. The number of hydrogen-bond donors (Lipinski definition) is 1. The second-order valence-corrected chi connectivity index (χ2v) is 6.25. The molecule has 1 aliphatic carbocycles. The molecule has 8 nitrogen and oxygen atoms in total. The Morgan fingerprint density at radius 3 is 2.52 bits per heavy atom. The summed E-state index contributed by atoms with van der Waals surface area (Å²) in [6.45, 7) is 0. The summed E-state index contributed by atoms with van der Waals surface area (Å²) in [5.41, 5.74) is 1.34. The number of carbonyl (C=O) groups is 1. The Morgan fingerprint density at radius 2 is 1.80 bits per heavy atom. The molecule has 128 valence electrons. The van der Waals surface area contributed by atoms with Gasteiger partial charge in [0.05, 0.1) is 11.3 Å². The second-order valence-electron chi connectivity index (χ2n) is 6.25. The van der Waals surface area contributed by atoms with Crippen LogP contribution in [0.2, 0.25) is 0 Å². The van der Waals surface area contributed by atoms with Crippen LogP contribution in [0.15, 0.2) is 49.6 Å². The van der Waals surface area contributed by atoms with Crippen LogP contribution < -0.4 is 5.32 Å². The van der Waals surface area contributed by atoms with Crippen molar-refractivity contribution < 1.29 is 4.79 Å². The van der Waals surface area contributed by atoms with E-state index in [1.807, 2.05) is 24.3 Å².